The van der Waals surface area contributed by atoms with E-state index in [2.05, 4.69) is 15.6 Å². The molecule has 1 amide bonds. The SMILES string of the molecule is O=C(Nc1ccc(Nc2ccccc2)cc1)C(=O)c1c[nH]c2ccccc12. The van der Waals surface area contributed by atoms with E-state index in [4.69, 9.17) is 0 Å². The van der Waals surface area contributed by atoms with Crippen molar-refractivity contribution < 1.29 is 9.59 Å². The summed E-state index contributed by atoms with van der Waals surface area (Å²) in [6.45, 7) is 0. The lowest BCUT2D eigenvalue weighted by molar-refractivity contribution is -0.112. The molecule has 27 heavy (non-hydrogen) atoms. The highest BCUT2D eigenvalue weighted by atomic mass is 16.2. The Bertz CT molecular complexity index is 1100. The van der Waals surface area contributed by atoms with Crippen LogP contribution < -0.4 is 10.6 Å². The van der Waals surface area contributed by atoms with E-state index in [1.807, 2.05) is 66.7 Å². The number of Topliss-reactive ketones (excluding diaryl/α,β-unsaturated/α-hetero) is 1. The first-order chi connectivity index (χ1) is 13.2. The zero-order chi connectivity index (χ0) is 18.6. The normalized spacial score (nSPS) is 10.5. The molecule has 0 atom stereocenters. The van der Waals surface area contributed by atoms with Gasteiger partial charge in [0.1, 0.15) is 0 Å². The lowest BCUT2D eigenvalue weighted by Crippen LogP contribution is -2.22. The molecule has 1 heterocycles. The molecule has 0 fully saturated rings. The van der Waals surface area contributed by atoms with Gasteiger partial charge in [-0.25, -0.2) is 0 Å². The number of aromatic nitrogens is 1. The van der Waals surface area contributed by atoms with Crippen LogP contribution in [-0.2, 0) is 4.79 Å². The molecule has 0 aliphatic heterocycles. The van der Waals surface area contributed by atoms with Gasteiger partial charge in [-0.1, -0.05) is 36.4 Å². The van der Waals surface area contributed by atoms with E-state index < -0.39 is 11.7 Å². The highest BCUT2D eigenvalue weighted by Gasteiger charge is 2.19. The largest absolute Gasteiger partial charge is 0.360 e. The average Bonchev–Trinajstić information content (AvgIpc) is 3.14. The number of benzene rings is 3. The lowest BCUT2D eigenvalue weighted by Gasteiger charge is -2.08. The van der Waals surface area contributed by atoms with Gasteiger partial charge in [0.05, 0.1) is 5.56 Å². The molecule has 0 spiro atoms. The maximum absolute atomic E-state index is 12.5. The Labute approximate surface area is 156 Å². The van der Waals surface area contributed by atoms with Crippen molar-refractivity contribution in [2.24, 2.45) is 0 Å². The number of carbonyl (C=O) groups excluding carboxylic acids is 2. The van der Waals surface area contributed by atoms with Gasteiger partial charge in [0.15, 0.2) is 0 Å². The van der Waals surface area contributed by atoms with E-state index in [9.17, 15) is 9.59 Å². The molecule has 0 saturated carbocycles. The van der Waals surface area contributed by atoms with E-state index >= 15 is 0 Å². The van der Waals surface area contributed by atoms with Crippen molar-refractivity contribution in [2.75, 3.05) is 10.6 Å². The molecule has 3 aromatic carbocycles. The van der Waals surface area contributed by atoms with Crippen molar-refractivity contribution in [2.45, 2.75) is 0 Å². The second-order valence-corrected chi connectivity index (χ2v) is 6.10. The van der Waals surface area contributed by atoms with Crippen LogP contribution in [0.15, 0.2) is 85.1 Å². The van der Waals surface area contributed by atoms with Gasteiger partial charge in [0, 0.05) is 34.2 Å². The van der Waals surface area contributed by atoms with E-state index in [0.29, 0.717) is 11.3 Å². The van der Waals surface area contributed by atoms with Crippen molar-refractivity contribution in [3.05, 3.63) is 90.6 Å². The van der Waals surface area contributed by atoms with Crippen LogP contribution in [0, 0.1) is 0 Å². The lowest BCUT2D eigenvalue weighted by atomic mass is 10.1. The van der Waals surface area contributed by atoms with Crippen LogP contribution in [0.3, 0.4) is 0 Å². The summed E-state index contributed by atoms with van der Waals surface area (Å²) in [5.41, 5.74) is 3.62. The number of hydrogen-bond donors (Lipinski definition) is 3. The molecule has 0 aliphatic rings. The minimum Gasteiger partial charge on any atom is -0.360 e. The number of amides is 1. The van der Waals surface area contributed by atoms with Gasteiger partial charge in [-0.15, -0.1) is 0 Å². The standard InChI is InChI=1S/C22H17N3O2/c26-21(19-14-23-20-9-5-4-8-18(19)20)22(27)25-17-12-10-16(11-13-17)24-15-6-2-1-3-7-15/h1-14,23-24H,(H,25,27). The molecular weight excluding hydrogens is 338 g/mol. The summed E-state index contributed by atoms with van der Waals surface area (Å²) in [5.74, 6) is -1.23. The van der Waals surface area contributed by atoms with Crippen molar-refractivity contribution in [1.29, 1.82) is 0 Å². The third-order valence-electron chi connectivity index (χ3n) is 4.25. The topological polar surface area (TPSA) is 74.0 Å². The van der Waals surface area contributed by atoms with Gasteiger partial charge in [0.2, 0.25) is 0 Å². The van der Waals surface area contributed by atoms with Gasteiger partial charge >= 0.3 is 0 Å². The molecule has 5 heteroatoms. The molecule has 4 rings (SSSR count). The van der Waals surface area contributed by atoms with Crippen LogP contribution in [0.1, 0.15) is 10.4 Å². The summed E-state index contributed by atoms with van der Waals surface area (Å²) >= 11 is 0. The van der Waals surface area contributed by atoms with Gasteiger partial charge in [-0.3, -0.25) is 9.59 Å². The molecule has 0 unspecified atom stereocenters. The molecule has 5 nitrogen and oxygen atoms in total. The van der Waals surface area contributed by atoms with Crippen molar-refractivity contribution in [3.8, 4) is 0 Å². The molecule has 132 valence electrons. The second kappa shape index (κ2) is 7.17. The Morgan fingerprint density at radius 1 is 0.704 bits per heavy atom. The Kier molecular flexibility index (Phi) is 4.41. The number of hydrogen-bond acceptors (Lipinski definition) is 3. The number of para-hydroxylation sites is 2. The van der Waals surface area contributed by atoms with Crippen LogP contribution in [0.5, 0.6) is 0 Å². The third-order valence-corrected chi connectivity index (χ3v) is 4.25. The zero-order valence-electron chi connectivity index (χ0n) is 14.4. The molecule has 0 radical (unpaired) electrons. The van der Waals surface area contributed by atoms with E-state index in [-0.39, 0.29) is 0 Å². The third kappa shape index (κ3) is 3.57. The molecule has 0 saturated heterocycles. The second-order valence-electron chi connectivity index (χ2n) is 6.10. The molecule has 0 bridgehead atoms. The fourth-order valence-corrected chi connectivity index (χ4v) is 2.89. The Morgan fingerprint density at radius 2 is 1.33 bits per heavy atom. The minimum absolute atomic E-state index is 0.366. The number of H-pyrrole nitrogens is 1. The first-order valence-corrected chi connectivity index (χ1v) is 8.54. The summed E-state index contributed by atoms with van der Waals surface area (Å²) in [7, 11) is 0. The number of nitrogens with one attached hydrogen (secondary N) is 3. The van der Waals surface area contributed by atoms with Crippen LogP contribution in [0.25, 0.3) is 10.9 Å². The predicted molar refractivity (Wildman–Crippen MR) is 107 cm³/mol. The van der Waals surface area contributed by atoms with Crippen molar-refractivity contribution >= 4 is 39.7 Å². The molecule has 1 aromatic heterocycles. The maximum Gasteiger partial charge on any atom is 0.296 e. The maximum atomic E-state index is 12.5. The highest BCUT2D eigenvalue weighted by molar-refractivity contribution is 6.48. The number of aromatic amines is 1. The van der Waals surface area contributed by atoms with Gasteiger partial charge < -0.3 is 15.6 Å². The Hall–Kier alpha value is -3.86. The summed E-state index contributed by atoms with van der Waals surface area (Å²) in [6.07, 6.45) is 1.57. The van der Waals surface area contributed by atoms with Gasteiger partial charge in [0.25, 0.3) is 11.7 Å². The number of carbonyl (C=O) groups is 2. The number of anilines is 3. The summed E-state index contributed by atoms with van der Waals surface area (Å²) in [5, 5.41) is 6.66. The smallest absolute Gasteiger partial charge is 0.296 e. The molecule has 0 aliphatic carbocycles. The summed E-state index contributed by atoms with van der Waals surface area (Å²) < 4.78 is 0. The molecule has 3 N–H and O–H groups in total. The fraction of sp³-hybridized carbons (Fsp3) is 0. The van der Waals surface area contributed by atoms with Gasteiger partial charge in [-0.2, -0.15) is 0 Å². The van der Waals surface area contributed by atoms with E-state index in [1.54, 1.807) is 18.3 Å². The van der Waals surface area contributed by atoms with Crippen LogP contribution in [0.2, 0.25) is 0 Å². The molecular formula is C22H17N3O2. The fourth-order valence-electron chi connectivity index (χ4n) is 2.89. The first-order valence-electron chi connectivity index (χ1n) is 8.54. The van der Waals surface area contributed by atoms with Crippen molar-refractivity contribution in [1.82, 2.24) is 4.98 Å². The Morgan fingerprint density at radius 3 is 2.11 bits per heavy atom. The number of ketones is 1. The van der Waals surface area contributed by atoms with Crippen LogP contribution in [0.4, 0.5) is 17.1 Å². The van der Waals surface area contributed by atoms with E-state index in [1.165, 1.54) is 0 Å². The van der Waals surface area contributed by atoms with E-state index in [0.717, 1.165) is 22.3 Å². The number of fused-ring (bicyclic) bond motifs is 1. The van der Waals surface area contributed by atoms with Crippen molar-refractivity contribution in [3.63, 3.8) is 0 Å². The monoisotopic (exact) mass is 355 g/mol. The quantitative estimate of drug-likeness (QED) is 0.358. The Balaban J connectivity index is 1.45. The predicted octanol–water partition coefficient (Wildman–Crippen LogP) is 4.73. The highest BCUT2D eigenvalue weighted by Crippen LogP contribution is 2.21. The average molecular weight is 355 g/mol. The number of rotatable bonds is 5. The van der Waals surface area contributed by atoms with Gasteiger partial charge in [-0.05, 0) is 42.5 Å². The molecule has 4 aromatic rings. The minimum atomic E-state index is -0.663. The summed E-state index contributed by atoms with van der Waals surface area (Å²) in [4.78, 5) is 27.8. The van der Waals surface area contributed by atoms with Crippen LogP contribution >= 0.6 is 0 Å². The zero-order valence-corrected chi connectivity index (χ0v) is 14.4. The van der Waals surface area contributed by atoms with Crippen LogP contribution in [-0.4, -0.2) is 16.7 Å². The first kappa shape index (κ1) is 16.6. The summed E-state index contributed by atoms with van der Waals surface area (Å²) in [6, 6.07) is 24.4.